The van der Waals surface area contributed by atoms with Crippen molar-refractivity contribution in [2.75, 3.05) is 78.5 Å². The van der Waals surface area contributed by atoms with Crippen molar-refractivity contribution >= 4 is 73.7 Å². The maximum absolute atomic E-state index is 14.8. The molecule has 73 heavy (non-hydrogen) atoms. The van der Waals surface area contributed by atoms with Crippen molar-refractivity contribution in [3.05, 3.63) is 144 Å². The summed E-state index contributed by atoms with van der Waals surface area (Å²) in [6.07, 6.45) is 1.14. The van der Waals surface area contributed by atoms with Crippen molar-refractivity contribution in [1.82, 2.24) is 29.4 Å². The minimum atomic E-state index is -0.725. The summed E-state index contributed by atoms with van der Waals surface area (Å²) in [5.74, 6) is -3.71. The minimum absolute atomic E-state index is 0.0287. The Kier molecular flexibility index (Phi) is 20.3. The number of nitrogens with two attached hydrogens (primary N) is 4. The van der Waals surface area contributed by atoms with Crippen molar-refractivity contribution < 1.29 is 33.6 Å². The third-order valence-corrected chi connectivity index (χ3v) is 12.6. The molecular formula is C56H68N10O7. The molecule has 0 aromatic heterocycles. The molecule has 0 aliphatic carbocycles. The summed E-state index contributed by atoms with van der Waals surface area (Å²) in [7, 11) is 0. The maximum Gasteiger partial charge on any atom is 0.242 e. The van der Waals surface area contributed by atoms with Crippen LogP contribution in [-0.4, -0.2) is 149 Å². The van der Waals surface area contributed by atoms with Gasteiger partial charge in [-0.2, -0.15) is 0 Å². The number of rotatable bonds is 27. The molecule has 0 aliphatic rings. The van der Waals surface area contributed by atoms with Gasteiger partial charge in [0, 0.05) is 46.2 Å². The summed E-state index contributed by atoms with van der Waals surface area (Å²) >= 11 is 0. The zero-order chi connectivity index (χ0) is 52.3. The number of amides is 7. The van der Waals surface area contributed by atoms with Crippen molar-refractivity contribution in [3.63, 3.8) is 0 Å². The highest BCUT2D eigenvalue weighted by Crippen LogP contribution is 2.21. The molecule has 0 radical (unpaired) electrons. The summed E-state index contributed by atoms with van der Waals surface area (Å²) in [5, 5.41) is 5.79. The number of primary amides is 1. The molecule has 0 atom stereocenters. The van der Waals surface area contributed by atoms with Crippen LogP contribution < -0.4 is 22.9 Å². The Balaban J connectivity index is 1.27. The summed E-state index contributed by atoms with van der Waals surface area (Å²) < 4.78 is 0. The van der Waals surface area contributed by atoms with Crippen molar-refractivity contribution in [3.8, 4) is 0 Å². The van der Waals surface area contributed by atoms with E-state index in [1.54, 1.807) is 0 Å². The third kappa shape index (κ3) is 16.1. The van der Waals surface area contributed by atoms with Gasteiger partial charge >= 0.3 is 0 Å². The molecular weight excluding hydrogens is 925 g/mol. The van der Waals surface area contributed by atoms with Gasteiger partial charge in [-0.05, 0) is 106 Å². The Morgan fingerprint density at radius 1 is 0.356 bits per heavy atom. The van der Waals surface area contributed by atoms with Crippen LogP contribution in [0.1, 0.15) is 42.9 Å². The van der Waals surface area contributed by atoms with E-state index in [-0.39, 0.29) is 64.8 Å². The van der Waals surface area contributed by atoms with E-state index < -0.39 is 68.2 Å². The predicted molar refractivity (Wildman–Crippen MR) is 284 cm³/mol. The van der Waals surface area contributed by atoms with Crippen LogP contribution >= 0.6 is 0 Å². The molecule has 0 unspecified atom stereocenters. The first-order chi connectivity index (χ1) is 35.2. The molecule has 0 bridgehead atoms. The minimum Gasteiger partial charge on any atom is -0.368 e. The van der Waals surface area contributed by atoms with Gasteiger partial charge in [-0.15, -0.1) is 0 Å². The molecule has 0 aliphatic heterocycles. The lowest BCUT2D eigenvalue weighted by atomic mass is 10.1. The topological polar surface area (TPSA) is 243 Å². The molecule has 17 heteroatoms. The highest BCUT2D eigenvalue weighted by atomic mass is 16.2. The van der Waals surface area contributed by atoms with Gasteiger partial charge in [0.15, 0.2) is 0 Å². The molecule has 0 heterocycles. The van der Waals surface area contributed by atoms with Crippen molar-refractivity contribution in [2.45, 2.75) is 45.8 Å². The Morgan fingerprint density at radius 2 is 0.630 bits per heavy atom. The summed E-state index contributed by atoms with van der Waals surface area (Å²) in [4.78, 5) is 105. The number of hydrogen-bond acceptors (Lipinski definition) is 10. The molecule has 0 spiro atoms. The number of carbonyl (C=O) groups is 7. The SMILES string of the molecule is CC(=O)N(CCCN)CC(=O)N(CC(=O)N(CCCN)CC(=O)N(CC(=O)N(CCCN)CC(=O)N(CC(N)=O)Cc1ccc2ccccc2c1)Cc1ccc2ccccc2c1)Cc1ccc2ccccc2c1. The Labute approximate surface area is 426 Å². The fourth-order valence-corrected chi connectivity index (χ4v) is 8.65. The molecule has 0 fully saturated rings. The molecule has 0 saturated heterocycles. The summed E-state index contributed by atoms with van der Waals surface area (Å²) in [6, 6.07) is 40.5. The van der Waals surface area contributed by atoms with E-state index in [1.807, 2.05) is 127 Å². The molecule has 6 aromatic rings. The van der Waals surface area contributed by atoms with Crippen LogP contribution in [0.4, 0.5) is 0 Å². The fourth-order valence-electron chi connectivity index (χ4n) is 8.65. The first kappa shape index (κ1) is 54.6. The zero-order valence-electron chi connectivity index (χ0n) is 41.7. The molecule has 7 amide bonds. The van der Waals surface area contributed by atoms with Gasteiger partial charge in [0.05, 0.1) is 26.2 Å². The van der Waals surface area contributed by atoms with Crippen molar-refractivity contribution in [1.29, 1.82) is 0 Å². The maximum atomic E-state index is 14.8. The zero-order valence-corrected chi connectivity index (χ0v) is 41.7. The van der Waals surface area contributed by atoms with Gasteiger partial charge in [-0.3, -0.25) is 33.6 Å². The van der Waals surface area contributed by atoms with Crippen LogP contribution in [0.15, 0.2) is 127 Å². The van der Waals surface area contributed by atoms with Crippen LogP contribution in [0, 0.1) is 0 Å². The number of benzene rings is 6. The van der Waals surface area contributed by atoms with E-state index >= 15 is 0 Å². The van der Waals surface area contributed by atoms with Gasteiger partial charge < -0.3 is 52.3 Å². The summed E-state index contributed by atoms with van der Waals surface area (Å²) in [5.41, 5.74) is 25.5. The molecule has 17 nitrogen and oxygen atoms in total. The van der Waals surface area contributed by atoms with E-state index in [9.17, 15) is 33.6 Å². The van der Waals surface area contributed by atoms with E-state index in [1.165, 1.54) is 36.3 Å². The second kappa shape index (κ2) is 27.2. The molecule has 0 saturated carbocycles. The number of fused-ring (bicyclic) bond motifs is 3. The first-order valence-electron chi connectivity index (χ1n) is 24.7. The Bertz CT molecular complexity index is 2890. The second-order valence-electron chi connectivity index (χ2n) is 18.3. The van der Waals surface area contributed by atoms with Gasteiger partial charge in [0.2, 0.25) is 41.4 Å². The molecule has 6 aromatic carbocycles. The lowest BCUT2D eigenvalue weighted by Gasteiger charge is -2.32. The lowest BCUT2D eigenvalue weighted by molar-refractivity contribution is -0.148. The van der Waals surface area contributed by atoms with Gasteiger partial charge in [0.25, 0.3) is 0 Å². The fraction of sp³-hybridized carbons (Fsp3) is 0.339. The number of carbonyl (C=O) groups excluding carboxylic acids is 7. The number of nitrogens with zero attached hydrogens (tertiary/aromatic N) is 6. The van der Waals surface area contributed by atoms with Crippen molar-refractivity contribution in [2.24, 2.45) is 22.9 Å². The van der Waals surface area contributed by atoms with Crippen LogP contribution in [0.25, 0.3) is 32.3 Å². The molecule has 6 rings (SSSR count). The van der Waals surface area contributed by atoms with Crippen LogP contribution in [0.5, 0.6) is 0 Å². The van der Waals surface area contributed by atoms with E-state index in [0.717, 1.165) is 43.4 Å². The molecule has 384 valence electrons. The van der Waals surface area contributed by atoms with E-state index in [4.69, 9.17) is 22.9 Å². The Hall–Kier alpha value is -7.73. The standard InChI is InChI=1S/C56H68N10O7/c1-41(67)61(26-8-23-57)36-54(71)65(33-43-18-21-46-12-3-6-15-49(46)30-43)39-52(69)63(28-10-25-59)38-56(73)66(34-44-19-22-47-13-4-7-16-50(47)31-44)40-53(70)62(27-9-24-58)37-55(72)64(35-51(60)68)32-42-17-20-45-11-2-5-14-48(45)29-42/h2-7,11-22,29-31H,8-10,23-28,32-40,57-59H2,1H3,(H2,60,68). The van der Waals surface area contributed by atoms with Gasteiger partial charge in [-0.1, -0.05) is 109 Å². The first-order valence-corrected chi connectivity index (χ1v) is 24.7. The largest absolute Gasteiger partial charge is 0.368 e. The third-order valence-electron chi connectivity index (χ3n) is 12.6. The quantitative estimate of drug-likeness (QED) is 0.0585. The highest BCUT2D eigenvalue weighted by Gasteiger charge is 2.30. The van der Waals surface area contributed by atoms with E-state index in [0.29, 0.717) is 31.4 Å². The molecule has 8 N–H and O–H groups in total. The normalized spacial score (nSPS) is 11.1. The van der Waals surface area contributed by atoms with Gasteiger partial charge in [0.1, 0.15) is 13.1 Å². The number of hydrogen-bond donors (Lipinski definition) is 4. The predicted octanol–water partition coefficient (Wildman–Crippen LogP) is 3.57. The van der Waals surface area contributed by atoms with Crippen LogP contribution in [0.3, 0.4) is 0 Å². The average Bonchev–Trinajstić information content (AvgIpc) is 3.38. The smallest absolute Gasteiger partial charge is 0.242 e. The van der Waals surface area contributed by atoms with E-state index in [2.05, 4.69) is 0 Å². The van der Waals surface area contributed by atoms with Crippen LogP contribution in [0.2, 0.25) is 0 Å². The average molecular weight is 993 g/mol. The second-order valence-corrected chi connectivity index (χ2v) is 18.3. The van der Waals surface area contributed by atoms with Gasteiger partial charge in [-0.25, -0.2) is 0 Å². The Morgan fingerprint density at radius 3 is 0.945 bits per heavy atom. The van der Waals surface area contributed by atoms with Crippen LogP contribution in [-0.2, 0) is 53.2 Å². The highest BCUT2D eigenvalue weighted by molar-refractivity contribution is 5.93. The monoisotopic (exact) mass is 993 g/mol. The lowest BCUT2D eigenvalue weighted by Crippen LogP contribution is -2.51. The summed E-state index contributed by atoms with van der Waals surface area (Å²) in [6.45, 7) is 0.0987.